The van der Waals surface area contributed by atoms with Crippen LogP contribution < -0.4 is 4.90 Å². The number of carbonyl (C=O) groups is 1. The topological polar surface area (TPSA) is 54.3 Å². The van der Waals surface area contributed by atoms with Crippen molar-refractivity contribution in [2.45, 2.75) is 0 Å². The minimum absolute atomic E-state index is 0.0446. The summed E-state index contributed by atoms with van der Waals surface area (Å²) in [6.07, 6.45) is 3.38. The van der Waals surface area contributed by atoms with Crippen LogP contribution in [0.5, 0.6) is 0 Å². The molecule has 0 N–H and O–H groups in total. The Morgan fingerprint density at radius 3 is 2.60 bits per heavy atom. The summed E-state index contributed by atoms with van der Waals surface area (Å²) in [5.41, 5.74) is 1.62. The maximum Gasteiger partial charge on any atom is 0.257 e. The van der Waals surface area contributed by atoms with Crippen LogP contribution in [0.4, 0.5) is 5.82 Å². The molecule has 1 aromatic carbocycles. The molecule has 0 unspecified atom stereocenters. The van der Waals surface area contributed by atoms with E-state index in [1.54, 1.807) is 17.1 Å². The fourth-order valence-electron chi connectivity index (χ4n) is 3.11. The van der Waals surface area contributed by atoms with Gasteiger partial charge in [0.2, 0.25) is 0 Å². The third-order valence-electron chi connectivity index (χ3n) is 4.48. The van der Waals surface area contributed by atoms with Gasteiger partial charge < -0.3 is 9.80 Å². The van der Waals surface area contributed by atoms with E-state index >= 15 is 0 Å². The normalized spacial score (nSPS) is 15.0. The van der Waals surface area contributed by atoms with E-state index in [1.807, 2.05) is 24.1 Å². The maximum atomic E-state index is 12.5. The zero-order valence-electron chi connectivity index (χ0n) is 13.9. The van der Waals surface area contributed by atoms with Gasteiger partial charge in [-0.1, -0.05) is 22.0 Å². The highest BCUT2D eigenvalue weighted by molar-refractivity contribution is 9.10. The number of fused-ring (bicyclic) bond motifs is 1. The van der Waals surface area contributed by atoms with Gasteiger partial charge in [0.15, 0.2) is 0 Å². The van der Waals surface area contributed by atoms with E-state index in [9.17, 15) is 4.79 Å². The Kier molecular flexibility index (Phi) is 4.17. The molecular formula is C18H18BrN5O. The summed E-state index contributed by atoms with van der Waals surface area (Å²) in [4.78, 5) is 21.4. The fourth-order valence-corrected chi connectivity index (χ4v) is 3.46. The molecule has 0 saturated carbocycles. The highest BCUT2D eigenvalue weighted by Crippen LogP contribution is 2.22. The van der Waals surface area contributed by atoms with Crippen molar-refractivity contribution in [1.82, 2.24) is 19.7 Å². The average molecular weight is 400 g/mol. The molecule has 1 fully saturated rings. The Labute approximate surface area is 154 Å². The molecule has 3 aromatic rings. The average Bonchev–Trinajstić information content (AvgIpc) is 3.07. The molecule has 0 bridgehead atoms. The standard InChI is InChI=1S/C18H18BrN5O/c1-22-12-14(11-20-22)18(25)24-8-6-23(7-9-24)17-5-3-13-2-4-15(19)10-16(13)21-17/h2-5,10-12H,6-9H2,1H3. The van der Waals surface area contributed by atoms with Crippen molar-refractivity contribution in [3.05, 3.63) is 52.8 Å². The molecule has 1 aliphatic rings. The van der Waals surface area contributed by atoms with E-state index in [4.69, 9.17) is 4.98 Å². The van der Waals surface area contributed by atoms with Crippen LogP contribution in [0.15, 0.2) is 47.2 Å². The Hall–Kier alpha value is -2.41. The van der Waals surface area contributed by atoms with Crippen molar-refractivity contribution in [3.8, 4) is 0 Å². The number of hydrogen-bond acceptors (Lipinski definition) is 4. The lowest BCUT2D eigenvalue weighted by Crippen LogP contribution is -2.49. The van der Waals surface area contributed by atoms with E-state index in [2.05, 4.69) is 44.1 Å². The second-order valence-corrected chi connectivity index (χ2v) is 7.10. The van der Waals surface area contributed by atoms with Crippen LogP contribution in [0.1, 0.15) is 10.4 Å². The SMILES string of the molecule is Cn1cc(C(=O)N2CCN(c3ccc4ccc(Br)cc4n3)CC2)cn1. The molecule has 0 aliphatic carbocycles. The molecule has 7 heteroatoms. The first-order valence-corrected chi connectivity index (χ1v) is 8.99. The first-order chi connectivity index (χ1) is 12.1. The zero-order chi connectivity index (χ0) is 17.4. The molecule has 1 saturated heterocycles. The minimum atomic E-state index is 0.0446. The van der Waals surface area contributed by atoms with E-state index in [1.165, 1.54) is 0 Å². The second-order valence-electron chi connectivity index (χ2n) is 6.19. The summed E-state index contributed by atoms with van der Waals surface area (Å²) in [5.74, 6) is 1.00. The Morgan fingerprint density at radius 2 is 1.88 bits per heavy atom. The highest BCUT2D eigenvalue weighted by atomic mass is 79.9. The molecule has 2 aromatic heterocycles. The van der Waals surface area contributed by atoms with E-state index < -0.39 is 0 Å². The first-order valence-electron chi connectivity index (χ1n) is 8.19. The fraction of sp³-hybridized carbons (Fsp3) is 0.278. The van der Waals surface area contributed by atoms with Gasteiger partial charge in [0.05, 0.1) is 17.3 Å². The minimum Gasteiger partial charge on any atom is -0.353 e. The number of anilines is 1. The lowest BCUT2D eigenvalue weighted by atomic mass is 10.2. The van der Waals surface area contributed by atoms with Gasteiger partial charge in [-0.05, 0) is 24.3 Å². The molecule has 6 nitrogen and oxygen atoms in total. The Morgan fingerprint density at radius 1 is 1.12 bits per heavy atom. The van der Waals surface area contributed by atoms with Crippen LogP contribution in [0.3, 0.4) is 0 Å². The quantitative estimate of drug-likeness (QED) is 0.664. The predicted octanol–water partition coefficient (Wildman–Crippen LogP) is 2.69. The number of piperazine rings is 1. The summed E-state index contributed by atoms with van der Waals surface area (Å²) >= 11 is 3.50. The Balaban J connectivity index is 1.47. The van der Waals surface area contributed by atoms with Crippen molar-refractivity contribution in [1.29, 1.82) is 0 Å². The van der Waals surface area contributed by atoms with Gasteiger partial charge in [0, 0.05) is 49.3 Å². The summed E-state index contributed by atoms with van der Waals surface area (Å²) < 4.78 is 2.68. The molecule has 0 spiro atoms. The van der Waals surface area contributed by atoms with E-state index in [0.717, 1.165) is 34.3 Å². The number of benzene rings is 1. The van der Waals surface area contributed by atoms with Crippen molar-refractivity contribution < 1.29 is 4.79 Å². The number of halogens is 1. The molecule has 0 radical (unpaired) electrons. The monoisotopic (exact) mass is 399 g/mol. The van der Waals surface area contributed by atoms with Crippen LogP contribution in [-0.2, 0) is 7.05 Å². The molecule has 0 atom stereocenters. The van der Waals surface area contributed by atoms with Gasteiger partial charge >= 0.3 is 0 Å². The molecule has 3 heterocycles. The van der Waals surface area contributed by atoms with Crippen molar-refractivity contribution in [2.75, 3.05) is 31.1 Å². The van der Waals surface area contributed by atoms with Gasteiger partial charge in [-0.2, -0.15) is 5.10 Å². The maximum absolute atomic E-state index is 12.5. The number of nitrogens with zero attached hydrogens (tertiary/aromatic N) is 5. The third-order valence-corrected chi connectivity index (χ3v) is 4.98. The van der Waals surface area contributed by atoms with E-state index in [0.29, 0.717) is 18.7 Å². The number of aromatic nitrogens is 3. The number of pyridine rings is 1. The number of rotatable bonds is 2. The van der Waals surface area contributed by atoms with Gasteiger partial charge in [-0.25, -0.2) is 4.98 Å². The zero-order valence-corrected chi connectivity index (χ0v) is 15.5. The smallest absolute Gasteiger partial charge is 0.257 e. The van der Waals surface area contributed by atoms with Crippen LogP contribution in [0.25, 0.3) is 10.9 Å². The molecular weight excluding hydrogens is 382 g/mol. The molecule has 25 heavy (non-hydrogen) atoms. The molecule has 4 rings (SSSR count). The molecule has 128 valence electrons. The van der Waals surface area contributed by atoms with Crippen LogP contribution in [0.2, 0.25) is 0 Å². The van der Waals surface area contributed by atoms with E-state index in [-0.39, 0.29) is 5.91 Å². The number of hydrogen-bond donors (Lipinski definition) is 0. The van der Waals surface area contributed by atoms with Crippen LogP contribution in [-0.4, -0.2) is 51.8 Å². The van der Waals surface area contributed by atoms with Crippen LogP contribution >= 0.6 is 15.9 Å². The lowest BCUT2D eigenvalue weighted by Gasteiger charge is -2.35. The van der Waals surface area contributed by atoms with Crippen molar-refractivity contribution in [2.24, 2.45) is 7.05 Å². The molecule has 1 amide bonds. The number of aryl methyl sites for hydroxylation is 1. The summed E-state index contributed by atoms with van der Waals surface area (Å²) in [7, 11) is 1.82. The number of amides is 1. The second kappa shape index (κ2) is 6.48. The van der Waals surface area contributed by atoms with Gasteiger partial charge in [0.1, 0.15) is 5.82 Å². The summed E-state index contributed by atoms with van der Waals surface area (Å²) in [6.45, 7) is 2.93. The third kappa shape index (κ3) is 3.24. The summed E-state index contributed by atoms with van der Waals surface area (Å²) in [6, 6.07) is 10.3. The highest BCUT2D eigenvalue weighted by Gasteiger charge is 2.23. The van der Waals surface area contributed by atoms with Gasteiger partial charge in [-0.3, -0.25) is 9.48 Å². The molecule has 1 aliphatic heterocycles. The number of carbonyl (C=O) groups excluding carboxylic acids is 1. The Bertz CT molecular complexity index is 930. The predicted molar refractivity (Wildman–Crippen MR) is 101 cm³/mol. The van der Waals surface area contributed by atoms with Crippen molar-refractivity contribution in [3.63, 3.8) is 0 Å². The van der Waals surface area contributed by atoms with Crippen molar-refractivity contribution >= 4 is 38.6 Å². The largest absolute Gasteiger partial charge is 0.353 e. The van der Waals surface area contributed by atoms with Gasteiger partial charge in [-0.15, -0.1) is 0 Å². The van der Waals surface area contributed by atoms with Gasteiger partial charge in [0.25, 0.3) is 5.91 Å². The summed E-state index contributed by atoms with van der Waals surface area (Å²) in [5, 5.41) is 5.20. The lowest BCUT2D eigenvalue weighted by molar-refractivity contribution is 0.0746. The van der Waals surface area contributed by atoms with Crippen LogP contribution in [0, 0.1) is 0 Å². The first kappa shape index (κ1) is 16.1.